The van der Waals surface area contributed by atoms with Gasteiger partial charge in [0.1, 0.15) is 0 Å². The summed E-state index contributed by atoms with van der Waals surface area (Å²) in [6.07, 6.45) is 0.472. The van der Waals surface area contributed by atoms with Gasteiger partial charge in [-0.2, -0.15) is 0 Å². The number of anilines is 1. The molecule has 8 nitrogen and oxygen atoms in total. The highest BCUT2D eigenvalue weighted by atomic mass is 79.9. The summed E-state index contributed by atoms with van der Waals surface area (Å²) in [6.45, 7) is 5.68. The summed E-state index contributed by atoms with van der Waals surface area (Å²) in [7, 11) is -2.10. The largest absolute Gasteiger partial charge is 0.469 e. The second-order valence-corrected chi connectivity index (χ2v) is 16.4. The van der Waals surface area contributed by atoms with E-state index in [-0.39, 0.29) is 43.8 Å². The van der Waals surface area contributed by atoms with Crippen molar-refractivity contribution in [3.63, 3.8) is 0 Å². The van der Waals surface area contributed by atoms with E-state index in [1.807, 2.05) is 55.5 Å². The predicted octanol–water partition coefficient (Wildman–Crippen LogP) is 5.33. The smallest absolute Gasteiger partial charge is 0.305 e. The van der Waals surface area contributed by atoms with Crippen molar-refractivity contribution in [1.29, 1.82) is 0 Å². The number of aliphatic hydroxyl groups excluding tert-OH is 1. The molecular formula is C31H40BrFN2O6Si. The fourth-order valence-corrected chi connectivity index (χ4v) is 9.46. The standard InChI is InChI=1S/C31H40BrFN2O6Si/c1-21-29(42(3,4)33)26(19-27(37)34(16-17-36)20-22-10-6-5-7-11-22)41-31(21)24-18-23(32)13-14-25(24)35(30(31)39)15-9-8-12-28(38)40-2/h5-7,10-11,13-14,18,21,26,29,36H,8-9,12,15-17,19-20H2,1-4H3/t21-,26+,29-,31+/m1/s1. The maximum absolute atomic E-state index is 16.1. The second kappa shape index (κ2) is 13.4. The van der Waals surface area contributed by atoms with Gasteiger partial charge in [0, 0.05) is 47.6 Å². The number of benzene rings is 2. The highest BCUT2D eigenvalue weighted by Gasteiger charge is 2.67. The zero-order chi connectivity index (χ0) is 30.7. The lowest BCUT2D eigenvalue weighted by Gasteiger charge is -2.31. The molecule has 2 aliphatic rings. The summed E-state index contributed by atoms with van der Waals surface area (Å²) in [5, 5.41) is 9.69. The number of ether oxygens (including phenoxy) is 2. The Labute approximate surface area is 256 Å². The molecule has 0 aliphatic carbocycles. The molecule has 42 heavy (non-hydrogen) atoms. The van der Waals surface area contributed by atoms with Crippen LogP contribution in [0.3, 0.4) is 0 Å². The van der Waals surface area contributed by atoms with E-state index in [2.05, 4.69) is 15.9 Å². The summed E-state index contributed by atoms with van der Waals surface area (Å²) in [6, 6.07) is 15.1. The lowest BCUT2D eigenvalue weighted by Crippen LogP contribution is -2.45. The van der Waals surface area contributed by atoms with Crippen LogP contribution in [0.25, 0.3) is 0 Å². The maximum Gasteiger partial charge on any atom is 0.305 e. The third kappa shape index (κ3) is 6.49. The Hall–Kier alpha value is -2.60. The molecule has 2 aromatic rings. The summed E-state index contributed by atoms with van der Waals surface area (Å²) in [5.74, 6) is -1.35. The number of unbranched alkanes of at least 4 members (excludes halogenated alkanes) is 1. The van der Waals surface area contributed by atoms with Gasteiger partial charge in [0.25, 0.3) is 5.91 Å². The average Bonchev–Trinajstić information content (AvgIpc) is 3.37. The van der Waals surface area contributed by atoms with Crippen LogP contribution in [0.2, 0.25) is 18.6 Å². The van der Waals surface area contributed by atoms with Crippen molar-refractivity contribution < 1.29 is 33.1 Å². The van der Waals surface area contributed by atoms with Gasteiger partial charge in [0.15, 0.2) is 5.60 Å². The van der Waals surface area contributed by atoms with E-state index in [0.29, 0.717) is 37.2 Å². The van der Waals surface area contributed by atoms with Crippen molar-refractivity contribution in [1.82, 2.24) is 4.90 Å². The first kappa shape index (κ1) is 32.3. The first-order valence-electron chi connectivity index (χ1n) is 14.4. The van der Waals surface area contributed by atoms with E-state index >= 15 is 4.11 Å². The summed E-state index contributed by atoms with van der Waals surface area (Å²) in [5.41, 5.74) is 0.222. The monoisotopic (exact) mass is 662 g/mol. The predicted molar refractivity (Wildman–Crippen MR) is 164 cm³/mol. The third-order valence-electron chi connectivity index (χ3n) is 8.48. The summed E-state index contributed by atoms with van der Waals surface area (Å²) in [4.78, 5) is 42.8. The number of rotatable bonds is 12. The van der Waals surface area contributed by atoms with Crippen molar-refractivity contribution in [2.45, 2.75) is 69.5 Å². The minimum absolute atomic E-state index is 0.0975. The number of amides is 2. The van der Waals surface area contributed by atoms with E-state index in [1.54, 1.807) is 22.9 Å². The van der Waals surface area contributed by atoms with E-state index < -0.39 is 31.6 Å². The van der Waals surface area contributed by atoms with Gasteiger partial charge in [0.2, 0.25) is 14.3 Å². The molecule has 0 unspecified atom stereocenters. The van der Waals surface area contributed by atoms with Crippen molar-refractivity contribution >= 4 is 47.8 Å². The van der Waals surface area contributed by atoms with E-state index in [4.69, 9.17) is 9.47 Å². The van der Waals surface area contributed by atoms with Gasteiger partial charge in [-0.25, -0.2) is 0 Å². The Kier molecular flexibility index (Phi) is 10.3. The molecule has 1 spiro atoms. The molecule has 1 fully saturated rings. The third-order valence-corrected chi connectivity index (χ3v) is 11.4. The molecule has 0 aromatic heterocycles. The summed E-state index contributed by atoms with van der Waals surface area (Å²) < 4.78 is 28.3. The maximum atomic E-state index is 16.1. The Morgan fingerprint density at radius 2 is 1.90 bits per heavy atom. The lowest BCUT2D eigenvalue weighted by atomic mass is 9.82. The second-order valence-electron chi connectivity index (χ2n) is 11.7. The molecule has 2 amide bonds. The first-order valence-corrected chi connectivity index (χ1v) is 18.2. The van der Waals surface area contributed by atoms with Crippen LogP contribution in [0.1, 0.15) is 43.7 Å². The van der Waals surface area contributed by atoms with Gasteiger partial charge in [-0.3, -0.25) is 14.4 Å². The number of halogens is 2. The number of carbonyl (C=O) groups excluding carboxylic acids is 3. The molecule has 4 atom stereocenters. The van der Waals surface area contributed by atoms with Crippen LogP contribution in [0, 0.1) is 5.92 Å². The molecule has 0 saturated carbocycles. The molecule has 4 rings (SSSR count). The number of methoxy groups -OCH3 is 1. The molecule has 0 bridgehead atoms. The van der Waals surface area contributed by atoms with Crippen molar-refractivity contribution in [2.24, 2.45) is 5.92 Å². The van der Waals surface area contributed by atoms with Gasteiger partial charge in [-0.1, -0.05) is 53.2 Å². The SMILES string of the molecule is COC(=O)CCCCN1C(=O)[C@@]2(O[C@@H](CC(=O)N(CCO)Cc3ccccc3)[C@H]([Si](C)(C)F)[C@H]2C)c2cc(Br)ccc21. The average molecular weight is 664 g/mol. The Morgan fingerprint density at radius 1 is 1.19 bits per heavy atom. The van der Waals surface area contributed by atoms with Crippen LogP contribution >= 0.6 is 15.9 Å². The lowest BCUT2D eigenvalue weighted by molar-refractivity contribution is -0.150. The Bertz CT molecular complexity index is 1290. The highest BCUT2D eigenvalue weighted by Crippen LogP contribution is 2.60. The molecule has 1 saturated heterocycles. The van der Waals surface area contributed by atoms with Crippen LogP contribution in [-0.2, 0) is 36.0 Å². The summed E-state index contributed by atoms with van der Waals surface area (Å²) >= 11 is 3.53. The Morgan fingerprint density at radius 3 is 2.55 bits per heavy atom. The van der Waals surface area contributed by atoms with Crippen LogP contribution in [-0.4, -0.2) is 69.1 Å². The van der Waals surface area contributed by atoms with Gasteiger partial charge in [-0.15, -0.1) is 0 Å². The van der Waals surface area contributed by atoms with Crippen molar-refractivity contribution in [3.05, 3.63) is 64.1 Å². The number of hydrogen-bond acceptors (Lipinski definition) is 6. The number of nitrogens with zero attached hydrogens (tertiary/aromatic N) is 2. The van der Waals surface area contributed by atoms with Gasteiger partial charge in [0.05, 0.1) is 31.9 Å². The van der Waals surface area contributed by atoms with Gasteiger partial charge >= 0.3 is 5.97 Å². The molecule has 2 aromatic carbocycles. The highest BCUT2D eigenvalue weighted by molar-refractivity contribution is 9.10. The molecule has 2 aliphatic heterocycles. The van der Waals surface area contributed by atoms with Crippen LogP contribution in [0.15, 0.2) is 53.0 Å². The quantitative estimate of drug-likeness (QED) is 0.143. The molecule has 0 radical (unpaired) electrons. The number of esters is 1. The minimum Gasteiger partial charge on any atom is -0.469 e. The van der Waals surface area contributed by atoms with E-state index in [0.717, 1.165) is 10.0 Å². The van der Waals surface area contributed by atoms with Gasteiger partial charge in [-0.05, 0) is 49.7 Å². The van der Waals surface area contributed by atoms with E-state index in [1.165, 1.54) is 7.11 Å². The number of fused-ring (bicyclic) bond motifs is 2. The molecule has 228 valence electrons. The number of carbonyl (C=O) groups is 3. The molecule has 2 heterocycles. The molecule has 11 heteroatoms. The zero-order valence-electron chi connectivity index (χ0n) is 24.6. The topological polar surface area (TPSA) is 96.4 Å². The minimum atomic E-state index is -3.45. The zero-order valence-corrected chi connectivity index (χ0v) is 27.2. The van der Waals surface area contributed by atoms with Crippen LogP contribution in [0.5, 0.6) is 0 Å². The fraction of sp³-hybridized carbons (Fsp3) is 0.516. The van der Waals surface area contributed by atoms with Crippen molar-refractivity contribution in [3.8, 4) is 0 Å². The number of hydrogen-bond donors (Lipinski definition) is 1. The van der Waals surface area contributed by atoms with Crippen LogP contribution in [0.4, 0.5) is 9.80 Å². The molecule has 1 N–H and O–H groups in total. The van der Waals surface area contributed by atoms with Gasteiger partial charge < -0.3 is 28.5 Å². The number of aliphatic hydroxyl groups is 1. The Balaban J connectivity index is 1.64. The molecular weight excluding hydrogens is 623 g/mol. The van der Waals surface area contributed by atoms with Crippen LogP contribution < -0.4 is 4.90 Å². The van der Waals surface area contributed by atoms with Crippen molar-refractivity contribution in [2.75, 3.05) is 31.7 Å². The fourth-order valence-electron chi connectivity index (χ4n) is 6.60. The van der Waals surface area contributed by atoms with E-state index in [9.17, 15) is 19.5 Å². The first-order chi connectivity index (χ1) is 19.9. The normalized spacial score (nSPS) is 23.4.